The van der Waals surface area contributed by atoms with Crippen molar-refractivity contribution in [1.29, 1.82) is 0 Å². The fraction of sp³-hybridized carbons (Fsp3) is 0.636. The van der Waals surface area contributed by atoms with Crippen LogP contribution >= 0.6 is 0 Å². The Morgan fingerprint density at radius 1 is 1.65 bits per heavy atom. The van der Waals surface area contributed by atoms with E-state index in [1.54, 1.807) is 17.1 Å². The summed E-state index contributed by atoms with van der Waals surface area (Å²) in [5, 5.41) is 6.84. The number of hydrogen-bond donors (Lipinski definition) is 2. The van der Waals surface area contributed by atoms with Gasteiger partial charge >= 0.3 is 0 Å². The van der Waals surface area contributed by atoms with Gasteiger partial charge in [0, 0.05) is 32.4 Å². The third kappa shape index (κ3) is 5.91. The quantitative estimate of drug-likeness (QED) is 0.644. The van der Waals surface area contributed by atoms with Gasteiger partial charge in [-0.2, -0.15) is 5.10 Å². The molecule has 0 saturated carbocycles. The highest BCUT2D eigenvalue weighted by Crippen LogP contribution is 1.96. The number of rotatable bonds is 8. The number of ether oxygens (including phenoxy) is 1. The van der Waals surface area contributed by atoms with Crippen LogP contribution in [0, 0.1) is 0 Å². The maximum Gasteiger partial charge on any atom is 0.220 e. The van der Waals surface area contributed by atoms with Gasteiger partial charge < -0.3 is 15.8 Å². The molecular formula is C11H20N4O2. The first-order chi connectivity index (χ1) is 8.22. The number of amides is 1. The molecule has 1 heterocycles. The third-order valence-electron chi connectivity index (χ3n) is 2.21. The first-order valence-electron chi connectivity index (χ1n) is 5.84. The van der Waals surface area contributed by atoms with E-state index in [4.69, 9.17) is 10.5 Å². The molecule has 6 heteroatoms. The molecule has 3 N–H and O–H groups in total. The second-order valence-corrected chi connectivity index (χ2v) is 3.69. The van der Waals surface area contributed by atoms with Crippen molar-refractivity contribution in [1.82, 2.24) is 15.1 Å². The van der Waals surface area contributed by atoms with E-state index < -0.39 is 0 Å². The molecule has 0 aliphatic carbocycles. The van der Waals surface area contributed by atoms with Gasteiger partial charge in [0.1, 0.15) is 0 Å². The Labute approximate surface area is 101 Å². The number of carbonyl (C=O) groups is 1. The Balaban J connectivity index is 2.04. The summed E-state index contributed by atoms with van der Waals surface area (Å²) in [6, 6.07) is 0. The van der Waals surface area contributed by atoms with Crippen molar-refractivity contribution in [2.24, 2.45) is 0 Å². The Bertz CT molecular complexity index is 338. The van der Waals surface area contributed by atoms with E-state index in [2.05, 4.69) is 10.4 Å². The molecule has 17 heavy (non-hydrogen) atoms. The molecule has 1 rings (SSSR count). The van der Waals surface area contributed by atoms with Gasteiger partial charge in [-0.3, -0.25) is 9.48 Å². The number of carbonyl (C=O) groups excluding carboxylic acids is 1. The second kappa shape index (κ2) is 7.67. The lowest BCUT2D eigenvalue weighted by Gasteiger charge is -2.05. The first kappa shape index (κ1) is 13.5. The van der Waals surface area contributed by atoms with Crippen LogP contribution in [0.3, 0.4) is 0 Å². The molecule has 96 valence electrons. The zero-order valence-electron chi connectivity index (χ0n) is 10.2. The number of nitrogen functional groups attached to an aromatic ring is 1. The van der Waals surface area contributed by atoms with E-state index in [9.17, 15) is 4.79 Å². The topological polar surface area (TPSA) is 82.2 Å². The van der Waals surface area contributed by atoms with E-state index in [-0.39, 0.29) is 5.91 Å². The van der Waals surface area contributed by atoms with Crippen molar-refractivity contribution < 1.29 is 9.53 Å². The van der Waals surface area contributed by atoms with Crippen LogP contribution in [0.5, 0.6) is 0 Å². The summed E-state index contributed by atoms with van der Waals surface area (Å²) in [5.74, 6) is 0.0461. The molecule has 1 aromatic rings. The Hall–Kier alpha value is -1.56. The number of nitrogens with zero attached hydrogens (tertiary/aromatic N) is 2. The molecule has 0 spiro atoms. The molecule has 0 bridgehead atoms. The van der Waals surface area contributed by atoms with E-state index in [0.717, 1.165) is 6.42 Å². The third-order valence-corrected chi connectivity index (χ3v) is 2.21. The summed E-state index contributed by atoms with van der Waals surface area (Å²) in [6.45, 7) is 4.47. The van der Waals surface area contributed by atoms with Crippen molar-refractivity contribution >= 4 is 11.6 Å². The minimum Gasteiger partial charge on any atom is -0.396 e. The van der Waals surface area contributed by atoms with Crippen molar-refractivity contribution in [3.8, 4) is 0 Å². The average molecular weight is 240 g/mol. The lowest BCUT2D eigenvalue weighted by Crippen LogP contribution is -2.27. The lowest BCUT2D eigenvalue weighted by atomic mass is 10.3. The van der Waals surface area contributed by atoms with Crippen LogP contribution < -0.4 is 11.1 Å². The fourth-order valence-corrected chi connectivity index (χ4v) is 1.38. The van der Waals surface area contributed by atoms with Gasteiger partial charge in [0.15, 0.2) is 0 Å². The van der Waals surface area contributed by atoms with E-state index in [1.165, 1.54) is 0 Å². The normalized spacial score (nSPS) is 10.4. The molecule has 0 atom stereocenters. The van der Waals surface area contributed by atoms with Gasteiger partial charge in [-0.1, -0.05) is 0 Å². The molecule has 0 fully saturated rings. The van der Waals surface area contributed by atoms with Crippen LogP contribution in [-0.2, 0) is 16.1 Å². The van der Waals surface area contributed by atoms with Crippen molar-refractivity contribution in [3.05, 3.63) is 12.4 Å². The molecule has 0 radical (unpaired) electrons. The van der Waals surface area contributed by atoms with E-state index >= 15 is 0 Å². The number of hydrogen-bond acceptors (Lipinski definition) is 4. The van der Waals surface area contributed by atoms with Crippen LogP contribution in [0.2, 0.25) is 0 Å². The van der Waals surface area contributed by atoms with E-state index in [0.29, 0.717) is 38.4 Å². The summed E-state index contributed by atoms with van der Waals surface area (Å²) in [4.78, 5) is 11.4. The Morgan fingerprint density at radius 3 is 3.12 bits per heavy atom. The molecule has 0 aliphatic rings. The smallest absolute Gasteiger partial charge is 0.220 e. The van der Waals surface area contributed by atoms with Gasteiger partial charge in [-0.25, -0.2) is 0 Å². The number of nitrogens with one attached hydrogen (secondary N) is 1. The Kier molecular flexibility index (Phi) is 6.09. The maximum atomic E-state index is 11.4. The fourth-order valence-electron chi connectivity index (χ4n) is 1.38. The minimum atomic E-state index is 0.0461. The van der Waals surface area contributed by atoms with Crippen LogP contribution in [0.1, 0.15) is 19.8 Å². The number of anilines is 1. The van der Waals surface area contributed by atoms with Gasteiger partial charge in [0.05, 0.1) is 18.4 Å². The zero-order valence-corrected chi connectivity index (χ0v) is 10.2. The highest BCUT2D eigenvalue weighted by atomic mass is 16.5. The first-order valence-corrected chi connectivity index (χ1v) is 5.84. The van der Waals surface area contributed by atoms with Crippen molar-refractivity contribution in [2.45, 2.75) is 26.3 Å². The average Bonchev–Trinajstić information content (AvgIpc) is 2.71. The van der Waals surface area contributed by atoms with Crippen LogP contribution in [0.15, 0.2) is 12.4 Å². The molecule has 0 saturated heterocycles. The van der Waals surface area contributed by atoms with Crippen molar-refractivity contribution in [3.63, 3.8) is 0 Å². The van der Waals surface area contributed by atoms with Crippen LogP contribution in [-0.4, -0.2) is 35.4 Å². The van der Waals surface area contributed by atoms with Crippen LogP contribution in [0.4, 0.5) is 5.69 Å². The molecule has 1 amide bonds. The van der Waals surface area contributed by atoms with Gasteiger partial charge in [0.25, 0.3) is 0 Å². The Morgan fingerprint density at radius 2 is 2.47 bits per heavy atom. The predicted octanol–water partition coefficient (Wildman–Crippen LogP) is 0.398. The summed E-state index contributed by atoms with van der Waals surface area (Å²) in [5.41, 5.74) is 6.15. The summed E-state index contributed by atoms with van der Waals surface area (Å²) in [7, 11) is 0. The number of nitrogens with two attached hydrogens (primary N) is 1. The number of aromatic nitrogens is 2. The molecule has 0 aromatic carbocycles. The molecule has 0 unspecified atom stereocenters. The van der Waals surface area contributed by atoms with Gasteiger partial charge in [-0.15, -0.1) is 0 Å². The molecule has 1 aromatic heterocycles. The van der Waals surface area contributed by atoms with Gasteiger partial charge in [-0.05, 0) is 13.3 Å². The SMILES string of the molecule is CCOCCCC(=O)NCCn1cc(N)cn1. The molecule has 0 aliphatic heterocycles. The standard InChI is InChI=1S/C11H20N4O2/c1-2-17-7-3-4-11(16)13-5-6-15-9-10(12)8-14-15/h8-9H,2-7,12H2,1H3,(H,13,16). The largest absolute Gasteiger partial charge is 0.396 e. The molecule has 6 nitrogen and oxygen atoms in total. The summed E-state index contributed by atoms with van der Waals surface area (Å²) in [6.07, 6.45) is 4.58. The minimum absolute atomic E-state index is 0.0461. The monoisotopic (exact) mass is 240 g/mol. The van der Waals surface area contributed by atoms with Gasteiger partial charge in [0.2, 0.25) is 5.91 Å². The van der Waals surface area contributed by atoms with Crippen LogP contribution in [0.25, 0.3) is 0 Å². The highest BCUT2D eigenvalue weighted by Gasteiger charge is 2.00. The molecular weight excluding hydrogens is 220 g/mol. The predicted molar refractivity (Wildman–Crippen MR) is 65.4 cm³/mol. The lowest BCUT2D eigenvalue weighted by molar-refractivity contribution is -0.121. The summed E-state index contributed by atoms with van der Waals surface area (Å²) >= 11 is 0. The highest BCUT2D eigenvalue weighted by molar-refractivity contribution is 5.75. The van der Waals surface area contributed by atoms with Crippen molar-refractivity contribution in [2.75, 3.05) is 25.5 Å². The second-order valence-electron chi connectivity index (χ2n) is 3.69. The zero-order chi connectivity index (χ0) is 12.5. The summed E-state index contributed by atoms with van der Waals surface area (Å²) < 4.78 is 6.86. The maximum absolute atomic E-state index is 11.4. The van der Waals surface area contributed by atoms with E-state index in [1.807, 2.05) is 6.92 Å².